The van der Waals surface area contributed by atoms with Crippen molar-refractivity contribution >= 4 is 45.8 Å². The summed E-state index contributed by atoms with van der Waals surface area (Å²) in [5.74, 6) is 1.41. The third-order valence-corrected chi connectivity index (χ3v) is 6.91. The molecule has 0 radical (unpaired) electrons. The molecule has 1 amide bonds. The van der Waals surface area contributed by atoms with Crippen LogP contribution in [0.5, 0.6) is 5.75 Å². The van der Waals surface area contributed by atoms with E-state index in [0.29, 0.717) is 46.9 Å². The molecule has 9 heteroatoms. The van der Waals surface area contributed by atoms with Crippen LogP contribution in [0.15, 0.2) is 72.8 Å². The molecule has 186 valence electrons. The Hall–Kier alpha value is -3.13. The van der Waals surface area contributed by atoms with Gasteiger partial charge in [0.05, 0.1) is 13.7 Å². The highest BCUT2D eigenvalue weighted by molar-refractivity contribution is 7.09. The first-order valence-electron chi connectivity index (χ1n) is 11.4. The van der Waals surface area contributed by atoms with Gasteiger partial charge in [0.1, 0.15) is 11.6 Å². The molecule has 3 aromatic carbocycles. The fourth-order valence-corrected chi connectivity index (χ4v) is 4.88. The lowest BCUT2D eigenvalue weighted by molar-refractivity contribution is -0.119. The van der Waals surface area contributed by atoms with Gasteiger partial charge in [0.15, 0.2) is 0 Å². The second-order valence-corrected chi connectivity index (χ2v) is 9.77. The van der Waals surface area contributed by atoms with Gasteiger partial charge in [-0.2, -0.15) is 4.37 Å². The number of benzene rings is 3. The number of halogens is 2. The summed E-state index contributed by atoms with van der Waals surface area (Å²) in [6.45, 7) is 1.18. The van der Waals surface area contributed by atoms with Crippen molar-refractivity contribution in [3.63, 3.8) is 0 Å². The lowest BCUT2D eigenvalue weighted by atomic mass is 10.1. The Morgan fingerprint density at radius 3 is 2.61 bits per heavy atom. The summed E-state index contributed by atoms with van der Waals surface area (Å²) in [5, 5.41) is 4.88. The number of nitrogens with one attached hydrogen (secondary N) is 1. The average molecular weight is 542 g/mol. The molecule has 0 bridgehead atoms. The summed E-state index contributed by atoms with van der Waals surface area (Å²) in [6, 6.07) is 23.2. The first-order valence-corrected chi connectivity index (χ1v) is 13.0. The van der Waals surface area contributed by atoms with Crippen molar-refractivity contribution in [2.75, 3.05) is 25.1 Å². The minimum absolute atomic E-state index is 0.0967. The average Bonchev–Trinajstić information content (AvgIpc) is 3.34. The largest absolute Gasteiger partial charge is 0.497 e. The van der Waals surface area contributed by atoms with Crippen LogP contribution in [-0.2, 0) is 24.2 Å². The van der Waals surface area contributed by atoms with Crippen LogP contribution >= 0.6 is 34.7 Å². The second-order valence-electron chi connectivity index (χ2n) is 8.20. The minimum atomic E-state index is -0.0967. The SMILES string of the molecule is COc1cccc(Cc2nsc(N(CC(=O)NCCc3ccc(Cl)cc3Cl)Cc3ccccc3)n2)c1. The number of ether oxygens (including phenoxy) is 1. The Labute approximate surface area is 225 Å². The van der Waals surface area contributed by atoms with E-state index >= 15 is 0 Å². The van der Waals surface area contributed by atoms with Crippen LogP contribution in [0, 0.1) is 0 Å². The monoisotopic (exact) mass is 540 g/mol. The predicted molar refractivity (Wildman–Crippen MR) is 146 cm³/mol. The van der Waals surface area contributed by atoms with Gasteiger partial charge in [0.2, 0.25) is 11.0 Å². The first-order chi connectivity index (χ1) is 17.5. The van der Waals surface area contributed by atoms with E-state index in [0.717, 1.165) is 22.4 Å². The first kappa shape index (κ1) is 25.9. The molecular weight excluding hydrogens is 515 g/mol. The van der Waals surface area contributed by atoms with Crippen molar-refractivity contribution in [2.45, 2.75) is 19.4 Å². The third-order valence-electron chi connectivity index (χ3n) is 5.51. The van der Waals surface area contributed by atoms with E-state index in [1.165, 1.54) is 11.5 Å². The van der Waals surface area contributed by atoms with Crippen molar-refractivity contribution in [3.8, 4) is 5.75 Å². The van der Waals surface area contributed by atoms with Gasteiger partial charge in [0.25, 0.3) is 0 Å². The third kappa shape index (κ3) is 7.43. The molecule has 1 heterocycles. The second kappa shape index (κ2) is 12.7. The van der Waals surface area contributed by atoms with E-state index in [9.17, 15) is 4.79 Å². The van der Waals surface area contributed by atoms with Crippen molar-refractivity contribution in [1.82, 2.24) is 14.7 Å². The lowest BCUT2D eigenvalue weighted by Gasteiger charge is -2.21. The molecule has 0 saturated heterocycles. The number of anilines is 1. The predicted octanol–water partition coefficient (Wildman–Crippen LogP) is 5.81. The fraction of sp³-hybridized carbons (Fsp3) is 0.222. The Bertz CT molecular complexity index is 1300. The maximum absolute atomic E-state index is 12.9. The van der Waals surface area contributed by atoms with Gasteiger partial charge in [-0.05, 0) is 47.4 Å². The van der Waals surface area contributed by atoms with Gasteiger partial charge in [-0.3, -0.25) is 4.79 Å². The van der Waals surface area contributed by atoms with E-state index < -0.39 is 0 Å². The Kier molecular flexibility index (Phi) is 9.17. The van der Waals surface area contributed by atoms with E-state index in [4.69, 9.17) is 32.9 Å². The number of rotatable bonds is 11. The van der Waals surface area contributed by atoms with E-state index in [2.05, 4.69) is 9.69 Å². The summed E-state index contributed by atoms with van der Waals surface area (Å²) in [6.07, 6.45) is 1.20. The van der Waals surface area contributed by atoms with Crippen LogP contribution in [0.4, 0.5) is 5.13 Å². The summed E-state index contributed by atoms with van der Waals surface area (Å²) in [4.78, 5) is 19.5. The van der Waals surface area contributed by atoms with Gasteiger partial charge in [-0.25, -0.2) is 4.98 Å². The van der Waals surface area contributed by atoms with Crippen LogP contribution in [0.1, 0.15) is 22.5 Å². The number of hydrogen-bond acceptors (Lipinski definition) is 6. The molecule has 36 heavy (non-hydrogen) atoms. The number of aromatic nitrogens is 2. The molecule has 1 N–H and O–H groups in total. The molecule has 0 unspecified atom stereocenters. The van der Waals surface area contributed by atoms with E-state index in [-0.39, 0.29) is 12.5 Å². The van der Waals surface area contributed by atoms with Crippen molar-refractivity contribution in [2.24, 2.45) is 0 Å². The number of nitrogens with zero attached hydrogens (tertiary/aromatic N) is 3. The number of methoxy groups -OCH3 is 1. The summed E-state index contributed by atoms with van der Waals surface area (Å²) in [7, 11) is 1.65. The van der Waals surface area contributed by atoms with Crippen LogP contribution in [0.2, 0.25) is 10.0 Å². The zero-order valence-corrected chi connectivity index (χ0v) is 22.1. The quantitative estimate of drug-likeness (QED) is 0.260. The molecule has 4 aromatic rings. The number of carbonyl (C=O) groups excluding carboxylic acids is 1. The van der Waals surface area contributed by atoms with Gasteiger partial charge in [0, 0.05) is 41.1 Å². The van der Waals surface area contributed by atoms with Gasteiger partial charge >= 0.3 is 0 Å². The maximum Gasteiger partial charge on any atom is 0.239 e. The molecule has 0 saturated carbocycles. The minimum Gasteiger partial charge on any atom is -0.497 e. The van der Waals surface area contributed by atoms with Crippen LogP contribution in [0.3, 0.4) is 0 Å². The highest BCUT2D eigenvalue weighted by Gasteiger charge is 2.17. The van der Waals surface area contributed by atoms with E-state index in [1.807, 2.05) is 65.6 Å². The van der Waals surface area contributed by atoms with Crippen molar-refractivity contribution < 1.29 is 9.53 Å². The topological polar surface area (TPSA) is 67.3 Å². The smallest absolute Gasteiger partial charge is 0.239 e. The van der Waals surface area contributed by atoms with Crippen molar-refractivity contribution in [3.05, 3.63) is 105 Å². The molecule has 0 fully saturated rings. The lowest BCUT2D eigenvalue weighted by Crippen LogP contribution is -2.37. The number of carbonyl (C=O) groups is 1. The molecule has 0 atom stereocenters. The van der Waals surface area contributed by atoms with Gasteiger partial charge in [-0.15, -0.1) is 0 Å². The molecule has 1 aromatic heterocycles. The summed E-state index contributed by atoms with van der Waals surface area (Å²) >= 11 is 13.5. The highest BCUT2D eigenvalue weighted by Crippen LogP contribution is 2.23. The van der Waals surface area contributed by atoms with Crippen LogP contribution < -0.4 is 15.0 Å². The van der Waals surface area contributed by atoms with Gasteiger partial charge < -0.3 is 15.0 Å². The van der Waals surface area contributed by atoms with Gasteiger partial charge in [-0.1, -0.05) is 71.7 Å². The zero-order chi connectivity index (χ0) is 25.3. The number of amides is 1. The summed E-state index contributed by atoms with van der Waals surface area (Å²) < 4.78 is 9.86. The maximum atomic E-state index is 12.9. The Balaban J connectivity index is 1.42. The fourth-order valence-electron chi connectivity index (χ4n) is 3.70. The normalized spacial score (nSPS) is 10.8. The number of hydrogen-bond donors (Lipinski definition) is 1. The Morgan fingerprint density at radius 1 is 1.03 bits per heavy atom. The molecule has 0 aliphatic carbocycles. The van der Waals surface area contributed by atoms with Crippen LogP contribution in [0.25, 0.3) is 0 Å². The van der Waals surface area contributed by atoms with Crippen LogP contribution in [-0.4, -0.2) is 35.5 Å². The zero-order valence-electron chi connectivity index (χ0n) is 19.8. The Morgan fingerprint density at radius 2 is 1.83 bits per heavy atom. The molecular formula is C27H26Cl2N4O2S. The molecule has 0 aliphatic rings. The molecule has 4 rings (SSSR count). The molecule has 6 nitrogen and oxygen atoms in total. The van der Waals surface area contributed by atoms with E-state index in [1.54, 1.807) is 19.2 Å². The summed E-state index contributed by atoms with van der Waals surface area (Å²) in [5.41, 5.74) is 3.09. The molecule has 0 aliphatic heterocycles. The standard InChI is InChI=1S/C27H26Cl2N4O2S/c1-35-23-9-5-8-20(14-23)15-25-31-27(36-32-25)33(17-19-6-3-2-4-7-19)18-26(34)30-13-12-21-10-11-22(28)16-24(21)29/h2-11,14,16H,12-13,15,17-18H2,1H3,(H,30,34). The molecule has 0 spiro atoms. The van der Waals surface area contributed by atoms with Crippen molar-refractivity contribution in [1.29, 1.82) is 0 Å². The highest BCUT2D eigenvalue weighted by atomic mass is 35.5.